The second kappa shape index (κ2) is 11.6. The van der Waals surface area contributed by atoms with Crippen LogP contribution in [-0.4, -0.2) is 95.9 Å². The summed E-state index contributed by atoms with van der Waals surface area (Å²) in [6.45, 7) is 10.7. The molecule has 1 N–H and O–H groups in total. The highest BCUT2D eigenvalue weighted by Crippen LogP contribution is 2.21. The average molecular weight is 448 g/mol. The zero-order valence-electron chi connectivity index (χ0n) is 19.1. The molecular weight excluding hydrogens is 410 g/mol. The van der Waals surface area contributed by atoms with Crippen LogP contribution in [0.3, 0.4) is 0 Å². The number of nitrogens with one attached hydrogen (secondary N) is 1. The Balaban J connectivity index is 1.39. The Labute approximate surface area is 189 Å². The number of amides is 1. The number of guanidine groups is 1. The van der Waals surface area contributed by atoms with Gasteiger partial charge in [0.15, 0.2) is 5.96 Å². The van der Waals surface area contributed by atoms with E-state index in [0.717, 1.165) is 50.1 Å². The first-order valence-corrected chi connectivity index (χ1v) is 12.7. The molecule has 1 amide bonds. The van der Waals surface area contributed by atoms with Gasteiger partial charge in [-0.1, -0.05) is 32.0 Å². The van der Waals surface area contributed by atoms with Gasteiger partial charge in [-0.2, -0.15) is 0 Å². The molecule has 3 atom stereocenters. The summed E-state index contributed by atoms with van der Waals surface area (Å²) in [5.74, 6) is 2.84. The third-order valence-corrected chi connectivity index (χ3v) is 7.41. The lowest BCUT2D eigenvalue weighted by atomic mass is 9.92. The Morgan fingerprint density at radius 3 is 2.32 bits per heavy atom. The SMILES string of the molecule is CN=C(NCCS(=O)c1ccccc1)N1CCN(CC(=O)N2CC(C)CC(C)C2)CC1. The molecular formula is C23H37N5O2S. The van der Waals surface area contributed by atoms with Gasteiger partial charge in [-0.3, -0.25) is 18.9 Å². The van der Waals surface area contributed by atoms with Crippen molar-refractivity contribution in [3.05, 3.63) is 30.3 Å². The number of piperazine rings is 1. The molecule has 7 nitrogen and oxygen atoms in total. The van der Waals surface area contributed by atoms with Crippen molar-refractivity contribution in [1.29, 1.82) is 0 Å². The van der Waals surface area contributed by atoms with Crippen molar-refractivity contribution in [3.8, 4) is 0 Å². The maximum Gasteiger partial charge on any atom is 0.236 e. The minimum atomic E-state index is -1.01. The molecule has 0 spiro atoms. The normalized spacial score (nSPS) is 24.2. The van der Waals surface area contributed by atoms with Crippen LogP contribution in [0.5, 0.6) is 0 Å². The number of nitrogens with zero attached hydrogens (tertiary/aromatic N) is 4. The maximum atomic E-state index is 12.8. The van der Waals surface area contributed by atoms with Crippen LogP contribution in [-0.2, 0) is 15.6 Å². The lowest BCUT2D eigenvalue weighted by Gasteiger charge is -2.39. The molecule has 0 aliphatic carbocycles. The Morgan fingerprint density at radius 1 is 1.06 bits per heavy atom. The minimum Gasteiger partial charge on any atom is -0.355 e. The van der Waals surface area contributed by atoms with Gasteiger partial charge in [0.25, 0.3) is 0 Å². The van der Waals surface area contributed by atoms with Gasteiger partial charge in [-0.05, 0) is 30.4 Å². The van der Waals surface area contributed by atoms with E-state index in [0.29, 0.717) is 30.7 Å². The summed E-state index contributed by atoms with van der Waals surface area (Å²) in [6.07, 6.45) is 1.22. The Hall–Kier alpha value is -1.93. The molecule has 1 aromatic carbocycles. The highest BCUT2D eigenvalue weighted by Gasteiger charge is 2.28. The van der Waals surface area contributed by atoms with E-state index in [1.54, 1.807) is 7.05 Å². The number of hydrogen-bond donors (Lipinski definition) is 1. The second-order valence-electron chi connectivity index (χ2n) is 8.84. The summed E-state index contributed by atoms with van der Waals surface area (Å²) in [4.78, 5) is 24.5. The quantitative estimate of drug-likeness (QED) is 0.529. The first kappa shape index (κ1) is 23.7. The Kier molecular flexibility index (Phi) is 8.90. The molecule has 1 aromatic rings. The number of rotatable bonds is 6. The van der Waals surface area contributed by atoms with Gasteiger partial charge >= 0.3 is 0 Å². The molecule has 0 bridgehead atoms. The molecule has 2 saturated heterocycles. The molecule has 2 fully saturated rings. The van der Waals surface area contributed by atoms with Crippen LogP contribution < -0.4 is 5.32 Å². The van der Waals surface area contributed by atoms with Gasteiger partial charge in [-0.25, -0.2) is 0 Å². The van der Waals surface area contributed by atoms with Crippen molar-refractivity contribution in [1.82, 2.24) is 20.0 Å². The van der Waals surface area contributed by atoms with Gasteiger partial charge in [-0.15, -0.1) is 0 Å². The van der Waals surface area contributed by atoms with E-state index in [9.17, 15) is 9.00 Å². The molecule has 172 valence electrons. The molecule has 0 aromatic heterocycles. The molecule has 0 radical (unpaired) electrons. The number of benzene rings is 1. The van der Waals surface area contributed by atoms with Crippen molar-refractivity contribution in [2.75, 3.05) is 65.2 Å². The van der Waals surface area contributed by atoms with Gasteiger partial charge in [0.05, 0.1) is 17.3 Å². The number of hydrogen-bond acceptors (Lipinski definition) is 4. The third-order valence-electron chi connectivity index (χ3n) is 6.04. The van der Waals surface area contributed by atoms with Gasteiger partial charge < -0.3 is 15.1 Å². The maximum absolute atomic E-state index is 12.8. The van der Waals surface area contributed by atoms with Crippen molar-refractivity contribution in [3.63, 3.8) is 0 Å². The first-order valence-electron chi connectivity index (χ1n) is 11.4. The fourth-order valence-corrected chi connectivity index (χ4v) is 5.54. The van der Waals surface area contributed by atoms with E-state index in [4.69, 9.17) is 0 Å². The summed E-state index contributed by atoms with van der Waals surface area (Å²) in [5, 5.41) is 3.35. The van der Waals surface area contributed by atoms with Crippen LogP contribution in [0.4, 0.5) is 0 Å². The molecule has 8 heteroatoms. The monoisotopic (exact) mass is 447 g/mol. The predicted molar refractivity (Wildman–Crippen MR) is 127 cm³/mol. The van der Waals surface area contributed by atoms with E-state index in [1.165, 1.54) is 6.42 Å². The zero-order chi connectivity index (χ0) is 22.2. The summed E-state index contributed by atoms with van der Waals surface area (Å²) in [6, 6.07) is 9.56. The fourth-order valence-electron chi connectivity index (χ4n) is 4.55. The average Bonchev–Trinajstić information content (AvgIpc) is 2.77. The molecule has 31 heavy (non-hydrogen) atoms. The van der Waals surface area contributed by atoms with Crippen molar-refractivity contribution in [2.45, 2.75) is 25.2 Å². The van der Waals surface area contributed by atoms with Crippen LogP contribution in [0.2, 0.25) is 0 Å². The smallest absolute Gasteiger partial charge is 0.236 e. The highest BCUT2D eigenvalue weighted by atomic mass is 32.2. The van der Waals surface area contributed by atoms with E-state index in [2.05, 4.69) is 38.9 Å². The second-order valence-corrected chi connectivity index (χ2v) is 10.4. The highest BCUT2D eigenvalue weighted by molar-refractivity contribution is 7.85. The number of piperidine rings is 1. The van der Waals surface area contributed by atoms with Crippen LogP contribution in [0.25, 0.3) is 0 Å². The summed E-state index contributed by atoms with van der Waals surface area (Å²) in [5.41, 5.74) is 0. The topological polar surface area (TPSA) is 68.2 Å². The van der Waals surface area contributed by atoms with Gasteiger partial charge in [0.2, 0.25) is 5.91 Å². The lowest BCUT2D eigenvalue weighted by molar-refractivity contribution is -0.135. The van der Waals surface area contributed by atoms with E-state index in [1.807, 2.05) is 30.3 Å². The summed E-state index contributed by atoms with van der Waals surface area (Å²) in [7, 11) is 0.769. The molecule has 0 saturated carbocycles. The summed E-state index contributed by atoms with van der Waals surface area (Å²) >= 11 is 0. The Bertz CT molecular complexity index is 754. The van der Waals surface area contributed by atoms with Crippen LogP contribution in [0.1, 0.15) is 20.3 Å². The number of carbonyl (C=O) groups excluding carboxylic acids is 1. The molecule has 2 aliphatic rings. The van der Waals surface area contributed by atoms with Crippen LogP contribution >= 0.6 is 0 Å². The largest absolute Gasteiger partial charge is 0.355 e. The van der Waals surface area contributed by atoms with Crippen molar-refractivity contribution < 1.29 is 9.00 Å². The molecule has 2 heterocycles. The van der Waals surface area contributed by atoms with E-state index in [-0.39, 0.29) is 5.91 Å². The minimum absolute atomic E-state index is 0.262. The van der Waals surface area contributed by atoms with Crippen LogP contribution in [0.15, 0.2) is 40.2 Å². The number of carbonyl (C=O) groups is 1. The van der Waals surface area contributed by atoms with Gasteiger partial charge in [0.1, 0.15) is 0 Å². The van der Waals surface area contributed by atoms with Gasteiger partial charge in [0, 0.05) is 63.5 Å². The predicted octanol–water partition coefficient (Wildman–Crippen LogP) is 1.49. The molecule has 3 unspecified atom stereocenters. The molecule has 3 rings (SSSR count). The number of aliphatic imine (C=N–C) groups is 1. The zero-order valence-corrected chi connectivity index (χ0v) is 19.9. The van der Waals surface area contributed by atoms with E-state index >= 15 is 0 Å². The molecule has 2 aliphatic heterocycles. The first-order chi connectivity index (χ1) is 15.0. The van der Waals surface area contributed by atoms with E-state index < -0.39 is 10.8 Å². The van der Waals surface area contributed by atoms with Crippen molar-refractivity contribution in [2.24, 2.45) is 16.8 Å². The fraction of sp³-hybridized carbons (Fsp3) is 0.652. The Morgan fingerprint density at radius 2 is 1.71 bits per heavy atom. The summed E-state index contributed by atoms with van der Waals surface area (Å²) < 4.78 is 12.4. The van der Waals surface area contributed by atoms with Crippen LogP contribution in [0, 0.1) is 11.8 Å². The lowest BCUT2D eigenvalue weighted by Crippen LogP contribution is -2.55. The van der Waals surface area contributed by atoms with Crippen molar-refractivity contribution >= 4 is 22.7 Å². The standard InChI is InChI=1S/C23H37N5O2S/c1-19-15-20(2)17-28(16-19)22(29)18-26-10-12-27(13-11-26)23(24-3)25-9-14-31(30)21-7-5-4-6-8-21/h4-8,19-20H,9-18H2,1-3H3,(H,24,25). The number of likely N-dealkylation sites (tertiary alicyclic amines) is 1. The third kappa shape index (κ3) is 7.04.